The van der Waals surface area contributed by atoms with Gasteiger partial charge in [-0.3, -0.25) is 0 Å². The van der Waals surface area contributed by atoms with Crippen molar-refractivity contribution in [1.29, 1.82) is 5.26 Å². The Labute approximate surface area is 105 Å². The highest BCUT2D eigenvalue weighted by atomic mass is 19.1. The number of benzene rings is 1. The van der Waals surface area contributed by atoms with Gasteiger partial charge in [-0.1, -0.05) is 0 Å². The summed E-state index contributed by atoms with van der Waals surface area (Å²) < 4.78 is 31.8. The van der Waals surface area contributed by atoms with Gasteiger partial charge >= 0.3 is 0 Å². The van der Waals surface area contributed by atoms with Crippen LogP contribution in [0.3, 0.4) is 0 Å². The number of nitrogens with one attached hydrogen (secondary N) is 1. The number of methoxy groups -OCH3 is 1. The number of unbranched alkanes of at least 4 members (excludes halogenated alkanes) is 2. The molecule has 0 heterocycles. The summed E-state index contributed by atoms with van der Waals surface area (Å²) in [6.45, 7) is 1.18. The Kier molecular flexibility index (Phi) is 6.09. The van der Waals surface area contributed by atoms with E-state index in [0.717, 1.165) is 31.4 Å². The average molecular weight is 254 g/mol. The van der Waals surface area contributed by atoms with Crippen molar-refractivity contribution in [2.45, 2.75) is 19.3 Å². The van der Waals surface area contributed by atoms with Crippen LogP contribution in [0.4, 0.5) is 14.5 Å². The number of nitrogens with zero attached hydrogens (tertiary/aromatic N) is 1. The molecular formula is C13H16F2N2O. The fourth-order valence-electron chi connectivity index (χ4n) is 1.57. The minimum Gasteiger partial charge on any atom is -0.385 e. The molecule has 0 fully saturated rings. The first-order valence-electron chi connectivity index (χ1n) is 5.81. The number of anilines is 1. The van der Waals surface area contributed by atoms with Crippen molar-refractivity contribution in [3.05, 3.63) is 29.3 Å². The third-order valence-electron chi connectivity index (χ3n) is 2.50. The summed E-state index contributed by atoms with van der Waals surface area (Å²) >= 11 is 0. The zero-order valence-corrected chi connectivity index (χ0v) is 10.3. The molecule has 0 unspecified atom stereocenters. The topological polar surface area (TPSA) is 45.0 Å². The quantitative estimate of drug-likeness (QED) is 0.760. The van der Waals surface area contributed by atoms with E-state index in [1.807, 2.05) is 0 Å². The van der Waals surface area contributed by atoms with Crippen LogP contribution in [0.15, 0.2) is 12.1 Å². The van der Waals surface area contributed by atoms with Crippen molar-refractivity contribution < 1.29 is 13.5 Å². The lowest BCUT2D eigenvalue weighted by molar-refractivity contribution is 0.192. The summed E-state index contributed by atoms with van der Waals surface area (Å²) in [6.07, 6.45) is 2.67. The van der Waals surface area contributed by atoms with Gasteiger partial charge in [0.15, 0.2) is 11.6 Å². The minimum absolute atomic E-state index is 0.0179. The Balaban J connectivity index is 2.45. The highest BCUT2D eigenvalue weighted by molar-refractivity contribution is 5.50. The van der Waals surface area contributed by atoms with Crippen molar-refractivity contribution in [1.82, 2.24) is 0 Å². The Bertz CT molecular complexity index is 406. The largest absolute Gasteiger partial charge is 0.385 e. The molecule has 0 aliphatic heterocycles. The molecule has 0 aliphatic rings. The molecule has 0 atom stereocenters. The number of nitriles is 1. The highest BCUT2D eigenvalue weighted by Crippen LogP contribution is 2.20. The molecule has 3 nitrogen and oxygen atoms in total. The summed E-state index contributed by atoms with van der Waals surface area (Å²) in [7, 11) is 1.64. The molecule has 0 saturated heterocycles. The van der Waals surface area contributed by atoms with Crippen LogP contribution in [0.25, 0.3) is 0 Å². The Hall–Kier alpha value is -1.67. The summed E-state index contributed by atoms with van der Waals surface area (Å²) in [6, 6.07) is 3.75. The summed E-state index contributed by atoms with van der Waals surface area (Å²) in [5, 5.41) is 11.3. The lowest BCUT2D eigenvalue weighted by atomic mass is 10.2. The van der Waals surface area contributed by atoms with Crippen molar-refractivity contribution in [2.75, 3.05) is 25.6 Å². The van der Waals surface area contributed by atoms with E-state index in [-0.39, 0.29) is 11.3 Å². The summed E-state index contributed by atoms with van der Waals surface area (Å²) in [5.41, 5.74) is -0.184. The van der Waals surface area contributed by atoms with Crippen LogP contribution in [-0.2, 0) is 4.74 Å². The number of rotatable bonds is 7. The highest BCUT2D eigenvalue weighted by Gasteiger charge is 2.10. The van der Waals surface area contributed by atoms with Gasteiger partial charge in [0.05, 0.1) is 11.6 Å². The zero-order valence-electron chi connectivity index (χ0n) is 10.3. The van der Waals surface area contributed by atoms with Crippen LogP contribution in [0.2, 0.25) is 0 Å². The molecule has 1 aromatic rings. The number of hydrogen-bond donors (Lipinski definition) is 1. The monoisotopic (exact) mass is 254 g/mol. The minimum atomic E-state index is -0.733. The van der Waals surface area contributed by atoms with Gasteiger partial charge in [0.1, 0.15) is 5.69 Å². The van der Waals surface area contributed by atoms with Crippen molar-refractivity contribution >= 4 is 5.69 Å². The summed E-state index contributed by atoms with van der Waals surface area (Å²) in [5.74, 6) is -1.47. The van der Waals surface area contributed by atoms with Gasteiger partial charge in [-0.2, -0.15) is 5.26 Å². The second-order valence-corrected chi connectivity index (χ2v) is 3.91. The number of ether oxygens (including phenoxy) is 1. The molecular weight excluding hydrogens is 238 g/mol. The maximum Gasteiger partial charge on any atom is 0.150 e. The molecule has 18 heavy (non-hydrogen) atoms. The fraction of sp³-hybridized carbons (Fsp3) is 0.462. The van der Waals surface area contributed by atoms with Crippen LogP contribution >= 0.6 is 0 Å². The lowest BCUT2D eigenvalue weighted by Gasteiger charge is -2.08. The van der Waals surface area contributed by atoms with Crippen molar-refractivity contribution in [3.8, 4) is 6.07 Å². The van der Waals surface area contributed by atoms with Crippen LogP contribution in [0.1, 0.15) is 24.8 Å². The smallest absolute Gasteiger partial charge is 0.150 e. The van der Waals surface area contributed by atoms with Gasteiger partial charge in [0.25, 0.3) is 0 Å². The normalized spacial score (nSPS) is 10.1. The molecule has 1 rings (SSSR count). The number of halogens is 2. The predicted molar refractivity (Wildman–Crippen MR) is 65.3 cm³/mol. The Morgan fingerprint density at radius 1 is 1.22 bits per heavy atom. The van der Waals surface area contributed by atoms with Gasteiger partial charge < -0.3 is 10.1 Å². The van der Waals surface area contributed by atoms with Gasteiger partial charge in [-0.25, -0.2) is 8.78 Å². The van der Waals surface area contributed by atoms with Gasteiger partial charge in [-0.05, 0) is 31.4 Å². The standard InChI is InChI=1S/C13H16F2N2O/c1-18-6-4-2-3-5-17-13-11(14)7-10(9-16)8-12(13)15/h7-8,17H,2-6H2,1H3. The van der Waals surface area contributed by atoms with Gasteiger partial charge in [0.2, 0.25) is 0 Å². The molecule has 0 saturated carbocycles. The third-order valence-corrected chi connectivity index (χ3v) is 2.50. The van der Waals surface area contributed by atoms with E-state index < -0.39 is 11.6 Å². The van der Waals surface area contributed by atoms with Gasteiger partial charge in [-0.15, -0.1) is 0 Å². The van der Waals surface area contributed by atoms with Crippen LogP contribution < -0.4 is 5.32 Å². The SMILES string of the molecule is COCCCCCNc1c(F)cc(C#N)cc1F. The second kappa shape index (κ2) is 7.62. The van der Waals surface area contributed by atoms with Crippen LogP contribution in [0.5, 0.6) is 0 Å². The van der Waals surface area contributed by atoms with E-state index in [1.54, 1.807) is 13.2 Å². The first-order valence-corrected chi connectivity index (χ1v) is 5.81. The van der Waals surface area contributed by atoms with E-state index in [4.69, 9.17) is 10.00 Å². The molecule has 5 heteroatoms. The zero-order chi connectivity index (χ0) is 13.4. The third kappa shape index (κ3) is 4.30. The molecule has 98 valence electrons. The molecule has 0 aromatic heterocycles. The van der Waals surface area contributed by atoms with Gasteiger partial charge in [0, 0.05) is 20.3 Å². The Morgan fingerprint density at radius 3 is 2.44 bits per heavy atom. The maximum atomic E-state index is 13.5. The molecule has 0 amide bonds. The summed E-state index contributed by atoms with van der Waals surface area (Å²) in [4.78, 5) is 0. The molecule has 1 N–H and O–H groups in total. The first-order chi connectivity index (χ1) is 8.69. The van der Waals surface area contributed by atoms with Crippen LogP contribution in [-0.4, -0.2) is 20.3 Å². The van der Waals surface area contributed by atoms with E-state index in [1.165, 1.54) is 0 Å². The van der Waals surface area contributed by atoms with E-state index in [0.29, 0.717) is 13.2 Å². The second-order valence-electron chi connectivity index (χ2n) is 3.91. The van der Waals surface area contributed by atoms with E-state index in [2.05, 4.69) is 5.32 Å². The van der Waals surface area contributed by atoms with Crippen LogP contribution in [0, 0.1) is 23.0 Å². The van der Waals surface area contributed by atoms with Crippen molar-refractivity contribution in [3.63, 3.8) is 0 Å². The average Bonchev–Trinajstić information content (AvgIpc) is 2.35. The molecule has 0 bridgehead atoms. The first kappa shape index (κ1) is 14.4. The predicted octanol–water partition coefficient (Wildman–Crippen LogP) is 3.07. The number of hydrogen-bond acceptors (Lipinski definition) is 3. The van der Waals surface area contributed by atoms with E-state index in [9.17, 15) is 8.78 Å². The fourth-order valence-corrected chi connectivity index (χ4v) is 1.57. The molecule has 0 radical (unpaired) electrons. The van der Waals surface area contributed by atoms with E-state index >= 15 is 0 Å². The van der Waals surface area contributed by atoms with Crippen molar-refractivity contribution in [2.24, 2.45) is 0 Å². The maximum absolute atomic E-state index is 13.5. The molecule has 0 aliphatic carbocycles. The lowest BCUT2D eigenvalue weighted by Crippen LogP contribution is -2.06. The Morgan fingerprint density at radius 2 is 1.89 bits per heavy atom. The molecule has 0 spiro atoms. The molecule has 1 aromatic carbocycles.